The maximum atomic E-state index is 9.23. The van der Waals surface area contributed by atoms with Gasteiger partial charge in [0.05, 0.1) is 0 Å². The van der Waals surface area contributed by atoms with Crippen LogP contribution in [-0.2, 0) is 4.74 Å². The summed E-state index contributed by atoms with van der Waals surface area (Å²) in [5.74, 6) is 0. The second kappa shape index (κ2) is 4.20. The predicted molar refractivity (Wildman–Crippen MR) is 39.5 cm³/mol. The maximum absolute atomic E-state index is 9.23. The summed E-state index contributed by atoms with van der Waals surface area (Å²) in [6.07, 6.45) is -4.36. The van der Waals surface area contributed by atoms with Gasteiger partial charge in [-0.2, -0.15) is 0 Å². The van der Waals surface area contributed by atoms with Gasteiger partial charge in [0.25, 0.3) is 0 Å². The van der Waals surface area contributed by atoms with Crippen LogP contribution in [0.2, 0.25) is 0 Å². The zero-order valence-corrected chi connectivity index (χ0v) is 8.53. The van der Waals surface area contributed by atoms with Crippen LogP contribution in [0.25, 0.3) is 0 Å². The summed E-state index contributed by atoms with van der Waals surface area (Å²) in [7, 11) is 0. The first-order chi connectivity index (χ1) is 5.57. The van der Waals surface area contributed by atoms with E-state index in [0.29, 0.717) is 0 Å². The van der Waals surface area contributed by atoms with Gasteiger partial charge in [-0.25, -0.2) is 0 Å². The van der Waals surface area contributed by atoms with Gasteiger partial charge in [0.2, 0.25) is 0 Å². The molecule has 5 nitrogen and oxygen atoms in total. The molecule has 0 aliphatic carbocycles. The number of hydrogen-bond acceptors (Lipinski definition) is 5. The van der Waals surface area contributed by atoms with E-state index >= 15 is 0 Å². The number of ether oxygens (including phenoxy) is 1. The van der Waals surface area contributed by atoms with Gasteiger partial charge >= 0.3 is 82.6 Å². The standard InChI is InChI=1S/C6H11O5Te/c7-1-2-3(8)4(9)5(10)6(12)11-2/h2-10H,1H2. The van der Waals surface area contributed by atoms with Gasteiger partial charge in [-0.05, 0) is 0 Å². The minimum absolute atomic E-state index is 0.364. The summed E-state index contributed by atoms with van der Waals surface area (Å²) < 4.78 is 4.47. The van der Waals surface area contributed by atoms with E-state index in [1.165, 1.54) is 22.3 Å². The number of aliphatic hydroxyl groups excluding tert-OH is 4. The Morgan fingerprint density at radius 2 is 1.67 bits per heavy atom. The molecule has 0 aromatic rings. The molecular formula is C6H11O5Te. The van der Waals surface area contributed by atoms with E-state index in [9.17, 15) is 15.3 Å². The van der Waals surface area contributed by atoms with Crippen molar-refractivity contribution in [2.24, 2.45) is 0 Å². The zero-order chi connectivity index (χ0) is 9.30. The van der Waals surface area contributed by atoms with Crippen LogP contribution in [0.4, 0.5) is 0 Å². The Morgan fingerprint density at radius 3 is 2.17 bits per heavy atom. The van der Waals surface area contributed by atoms with Gasteiger partial charge in [-0.1, -0.05) is 0 Å². The molecule has 4 N–H and O–H groups in total. The normalized spacial score (nSPS) is 49.2. The summed E-state index contributed by atoms with van der Waals surface area (Å²) in [4.78, 5) is 0. The molecule has 1 rings (SSSR count). The first kappa shape index (κ1) is 10.7. The van der Waals surface area contributed by atoms with Crippen LogP contribution in [0.1, 0.15) is 0 Å². The molecule has 1 aliphatic rings. The van der Waals surface area contributed by atoms with Crippen molar-refractivity contribution in [3.05, 3.63) is 0 Å². The van der Waals surface area contributed by atoms with Gasteiger partial charge < -0.3 is 0 Å². The monoisotopic (exact) mass is 293 g/mol. The van der Waals surface area contributed by atoms with Gasteiger partial charge in [-0.3, -0.25) is 0 Å². The van der Waals surface area contributed by atoms with Crippen molar-refractivity contribution < 1.29 is 25.2 Å². The van der Waals surface area contributed by atoms with Crippen LogP contribution >= 0.6 is 0 Å². The number of aliphatic hydroxyl groups is 4. The van der Waals surface area contributed by atoms with E-state index in [0.717, 1.165) is 0 Å². The first-order valence-electron chi connectivity index (χ1n) is 3.54. The molecule has 12 heavy (non-hydrogen) atoms. The van der Waals surface area contributed by atoms with E-state index in [-0.39, 0.29) is 6.61 Å². The van der Waals surface area contributed by atoms with E-state index in [2.05, 4.69) is 0 Å². The molecule has 1 saturated heterocycles. The average molecular weight is 291 g/mol. The second-order valence-electron chi connectivity index (χ2n) is 2.70. The molecular weight excluding hydrogens is 280 g/mol. The Balaban J connectivity index is 2.63. The Hall–Kier alpha value is 0.590. The van der Waals surface area contributed by atoms with E-state index < -0.39 is 28.6 Å². The SMILES string of the molecule is OCC1OC([Te])C(O)C(O)C1O. The summed E-state index contributed by atoms with van der Waals surface area (Å²) >= 11 is 1.50. The molecule has 1 aliphatic heterocycles. The van der Waals surface area contributed by atoms with Gasteiger partial charge in [0.1, 0.15) is 0 Å². The van der Waals surface area contributed by atoms with Crippen molar-refractivity contribution in [3.63, 3.8) is 0 Å². The fourth-order valence-electron chi connectivity index (χ4n) is 1.07. The van der Waals surface area contributed by atoms with Crippen molar-refractivity contribution in [2.75, 3.05) is 6.61 Å². The zero-order valence-electron chi connectivity index (χ0n) is 6.20. The first-order valence-corrected chi connectivity index (χ1v) is 4.88. The topological polar surface area (TPSA) is 90.2 Å². The van der Waals surface area contributed by atoms with Crippen molar-refractivity contribution >= 4 is 22.3 Å². The van der Waals surface area contributed by atoms with Gasteiger partial charge in [0.15, 0.2) is 0 Å². The Labute approximate surface area is 82.9 Å². The average Bonchev–Trinajstić information content (AvgIpc) is 2.08. The second-order valence-corrected chi connectivity index (χ2v) is 4.02. The van der Waals surface area contributed by atoms with Crippen LogP contribution < -0.4 is 0 Å². The molecule has 0 saturated carbocycles. The van der Waals surface area contributed by atoms with Crippen LogP contribution in [0.5, 0.6) is 0 Å². The van der Waals surface area contributed by atoms with Crippen molar-refractivity contribution in [1.29, 1.82) is 0 Å². The molecule has 0 amide bonds. The van der Waals surface area contributed by atoms with Crippen molar-refractivity contribution in [2.45, 2.75) is 28.6 Å². The van der Waals surface area contributed by atoms with Crippen LogP contribution in [-0.4, -0.2) is 77.9 Å². The van der Waals surface area contributed by atoms with Crippen LogP contribution in [0, 0.1) is 0 Å². The predicted octanol–water partition coefficient (Wildman–Crippen LogP) is -3.05. The molecule has 1 heterocycles. The summed E-state index contributed by atoms with van der Waals surface area (Å²) in [6, 6.07) is 0. The molecule has 0 aromatic carbocycles. The van der Waals surface area contributed by atoms with Crippen LogP contribution in [0.3, 0.4) is 0 Å². The fourth-order valence-corrected chi connectivity index (χ4v) is 1.93. The Morgan fingerprint density at radius 1 is 1.08 bits per heavy atom. The van der Waals surface area contributed by atoms with E-state index in [1.54, 1.807) is 0 Å². The number of rotatable bonds is 1. The van der Waals surface area contributed by atoms with Gasteiger partial charge in [0, 0.05) is 0 Å². The molecule has 1 radical (unpaired) electrons. The Kier molecular flexibility index (Phi) is 3.73. The molecule has 5 atom stereocenters. The van der Waals surface area contributed by atoms with Crippen molar-refractivity contribution in [3.8, 4) is 0 Å². The van der Waals surface area contributed by atoms with Gasteiger partial charge in [-0.15, -0.1) is 0 Å². The minimum atomic E-state index is -1.24. The molecule has 0 aromatic heterocycles. The molecule has 5 unspecified atom stereocenters. The summed E-state index contributed by atoms with van der Waals surface area (Å²) in [5, 5.41) is 36.4. The molecule has 0 bridgehead atoms. The van der Waals surface area contributed by atoms with Crippen molar-refractivity contribution in [1.82, 2.24) is 0 Å². The third-order valence-corrected chi connectivity index (χ3v) is 2.96. The third kappa shape index (κ3) is 1.91. The fraction of sp³-hybridized carbons (Fsp3) is 1.00. The van der Waals surface area contributed by atoms with E-state index in [4.69, 9.17) is 9.84 Å². The quantitative estimate of drug-likeness (QED) is 0.386. The molecule has 1 fully saturated rings. The summed E-state index contributed by atoms with van der Waals surface area (Å²) in [5.41, 5.74) is 0. The van der Waals surface area contributed by atoms with E-state index in [1.807, 2.05) is 0 Å². The summed E-state index contributed by atoms with van der Waals surface area (Å²) in [6.45, 7) is -0.364. The molecule has 6 heteroatoms. The third-order valence-electron chi connectivity index (χ3n) is 1.85. The number of hydrogen-bond donors (Lipinski definition) is 4. The Bertz CT molecular complexity index is 150. The molecule has 0 spiro atoms. The molecule has 71 valence electrons. The van der Waals surface area contributed by atoms with Crippen LogP contribution in [0.15, 0.2) is 0 Å².